The minimum atomic E-state index is -10.7. The SMILES string of the molecule is C[n+]1ccn(Cc2cc3c(O)c(c2)Cc2cc(Cn4cc[n+](C)c4)cc(c2O)Cc2cc(Cn4cc[n+](C)c4)cc(c2O)Cc2cc(Cn4cc[n+](C)c4)cc(c2O)C3)c1.F[P-](F)(F)(F)(F)F.F[P-](F)(F)(F)(F)F.F[P-](F)(F)(F)(F)F.F[P-](F)(F)(F)(F)F. The second kappa shape index (κ2) is 21.3. The zero-order valence-electron chi connectivity index (χ0n) is 45.4. The van der Waals surface area contributed by atoms with Gasteiger partial charge in [0, 0.05) is 25.7 Å². The zero-order valence-corrected chi connectivity index (χ0v) is 49.0. The van der Waals surface area contributed by atoms with Gasteiger partial charge < -0.3 is 20.4 Å². The first-order chi connectivity index (χ1) is 38.7. The van der Waals surface area contributed by atoms with Crippen molar-refractivity contribution in [3.63, 3.8) is 0 Å². The third-order valence-corrected chi connectivity index (χ3v) is 11.6. The Kier molecular flexibility index (Phi) is 17.4. The molecule has 1 aliphatic carbocycles. The number of halogens is 24. The molecular weight excluding hydrogens is 1330 g/mol. The third-order valence-electron chi connectivity index (χ3n) is 11.6. The van der Waals surface area contributed by atoms with E-state index in [9.17, 15) is 121 Å². The molecular formula is C48H52F24N8O4P4. The third kappa shape index (κ3) is 30.7. The van der Waals surface area contributed by atoms with Crippen LogP contribution < -0.4 is 18.3 Å². The van der Waals surface area contributed by atoms with Crippen LogP contribution in [0.2, 0.25) is 0 Å². The van der Waals surface area contributed by atoms with Crippen LogP contribution in [0.4, 0.5) is 101 Å². The molecule has 0 saturated heterocycles. The van der Waals surface area contributed by atoms with Crippen LogP contribution in [0, 0.1) is 0 Å². The number of phenolic OH excluding ortho intramolecular Hbond substituents is 4. The van der Waals surface area contributed by atoms with E-state index in [1.807, 2.05) is 170 Å². The summed E-state index contributed by atoms with van der Waals surface area (Å²) < 4.78 is 253. The van der Waals surface area contributed by atoms with Gasteiger partial charge in [-0.15, -0.1) is 0 Å². The normalized spacial score (nSPS) is 16.0. The average Bonchev–Trinajstić information content (AvgIpc) is 4.09. The van der Waals surface area contributed by atoms with E-state index in [2.05, 4.69) is 18.3 Å². The van der Waals surface area contributed by atoms with Gasteiger partial charge >= 0.3 is 132 Å². The van der Waals surface area contributed by atoms with Crippen molar-refractivity contribution in [1.29, 1.82) is 0 Å². The van der Waals surface area contributed by atoms with Crippen molar-refractivity contribution in [3.05, 3.63) is 190 Å². The molecule has 4 N–H and O–H groups in total. The topological polar surface area (TPSA) is 116 Å². The maximum atomic E-state index is 12.2. The van der Waals surface area contributed by atoms with E-state index < -0.39 is 31.2 Å². The quantitative estimate of drug-likeness (QED) is 0.0689. The van der Waals surface area contributed by atoms with E-state index in [-0.39, 0.29) is 48.7 Å². The second-order valence-electron chi connectivity index (χ2n) is 20.6. The van der Waals surface area contributed by atoms with Crippen LogP contribution in [0.25, 0.3) is 0 Å². The number of aromatic nitrogens is 8. The number of benzene rings is 4. The van der Waals surface area contributed by atoms with Gasteiger partial charge in [-0.25, -0.2) is 36.5 Å². The van der Waals surface area contributed by atoms with Crippen LogP contribution in [0.3, 0.4) is 0 Å². The number of hydrogen-bond donors (Lipinski definition) is 4. The van der Waals surface area contributed by atoms with Gasteiger partial charge in [0.05, 0.1) is 28.2 Å². The first-order valence-electron chi connectivity index (χ1n) is 24.3. The first-order valence-corrected chi connectivity index (χ1v) is 32.4. The number of aromatic hydroxyl groups is 4. The molecule has 8 aromatic rings. The predicted molar refractivity (Wildman–Crippen MR) is 277 cm³/mol. The van der Waals surface area contributed by atoms with Gasteiger partial charge in [0.25, 0.3) is 0 Å². The van der Waals surface area contributed by atoms with E-state index in [1.54, 1.807) is 0 Å². The molecule has 1 aliphatic rings. The Morgan fingerprint density at radius 3 is 0.511 bits per heavy atom. The molecule has 0 atom stereocenters. The van der Waals surface area contributed by atoms with Gasteiger partial charge in [-0.2, -0.15) is 0 Å². The molecule has 0 radical (unpaired) electrons. The Morgan fingerprint density at radius 2 is 0.409 bits per heavy atom. The standard InChI is InChI=1S/C48H48N8O4.4F6P/c1-49-5-9-53(29-49)25-33-13-37-21-39-15-34(26-54-10-6-50(2)30-54)17-41(46(39)58)23-43-19-36(28-56-12-8-52(4)32-56)20-44(48(43)60)24-42-18-35(27-55-11-7-51(3)31-55)16-40(47(42)59)22-38(14-33)45(37)57;4*1-7(2,3,4,5)6/h5-20,29-32H,21-28H2,1-4H3;;;;/q;4*-1/p+4. The molecule has 0 fully saturated rings. The van der Waals surface area contributed by atoms with E-state index in [1.165, 1.54) is 0 Å². The minimum absolute atomic E-state index is 0.141. The zero-order chi connectivity index (χ0) is 67.3. The summed E-state index contributed by atoms with van der Waals surface area (Å²) in [6, 6.07) is 16.2. The monoisotopic (exact) mass is 1380 g/mol. The van der Waals surface area contributed by atoms with Crippen molar-refractivity contribution in [2.75, 3.05) is 0 Å². The number of aryl methyl sites for hydroxylation is 4. The van der Waals surface area contributed by atoms with Crippen molar-refractivity contribution in [2.45, 2.75) is 51.9 Å². The fourth-order valence-corrected chi connectivity index (χ4v) is 8.82. The van der Waals surface area contributed by atoms with Crippen molar-refractivity contribution in [1.82, 2.24) is 18.3 Å². The molecule has 0 spiro atoms. The van der Waals surface area contributed by atoms with Crippen molar-refractivity contribution < 1.29 is 139 Å². The number of nitrogens with zero attached hydrogens (tertiary/aromatic N) is 8. The Bertz CT molecular complexity index is 3260. The van der Waals surface area contributed by atoms with Gasteiger partial charge in [-0.3, -0.25) is 0 Å². The second-order valence-corrected chi connectivity index (χ2v) is 28.3. The molecule has 9 rings (SSSR count). The van der Waals surface area contributed by atoms with Crippen LogP contribution in [0.15, 0.2) is 123 Å². The summed E-state index contributed by atoms with van der Waals surface area (Å²) in [6.45, 7) is 2.29. The molecule has 0 amide bonds. The van der Waals surface area contributed by atoms with Crippen LogP contribution >= 0.6 is 31.2 Å². The summed E-state index contributed by atoms with van der Waals surface area (Å²) >= 11 is 0. The summed E-state index contributed by atoms with van der Waals surface area (Å²) in [7, 11) is -34.7. The summed E-state index contributed by atoms with van der Waals surface area (Å²) in [5, 5.41) is 48.7. The maximum absolute atomic E-state index is 12.2. The molecule has 88 heavy (non-hydrogen) atoms. The van der Waals surface area contributed by atoms with Gasteiger partial charge in [0.1, 0.15) is 98.8 Å². The number of phenols is 4. The van der Waals surface area contributed by atoms with E-state index in [4.69, 9.17) is 0 Å². The molecule has 496 valence electrons. The predicted octanol–water partition coefficient (Wildman–Crippen LogP) is 17.4. The molecule has 40 heteroatoms. The number of rotatable bonds is 8. The van der Waals surface area contributed by atoms with E-state index >= 15 is 0 Å². The summed E-state index contributed by atoms with van der Waals surface area (Å²) in [6.07, 6.45) is 25.2. The van der Waals surface area contributed by atoms with Gasteiger partial charge in [-0.1, -0.05) is 0 Å². The van der Waals surface area contributed by atoms with Crippen LogP contribution in [-0.4, -0.2) is 38.7 Å². The first kappa shape index (κ1) is 71.7. The average molecular weight is 1380 g/mol. The fourth-order valence-electron chi connectivity index (χ4n) is 8.82. The Hall–Kier alpha value is -7.04. The summed E-state index contributed by atoms with van der Waals surface area (Å²) in [5.74, 6) is 0.564. The van der Waals surface area contributed by atoms with E-state index in [0.717, 1.165) is 22.3 Å². The molecule has 8 bridgehead atoms. The molecule has 0 saturated carbocycles. The Balaban J connectivity index is 0.000000418. The van der Waals surface area contributed by atoms with Crippen molar-refractivity contribution in [3.8, 4) is 23.0 Å². The Labute approximate surface area is 481 Å². The van der Waals surface area contributed by atoms with Gasteiger partial charge in [0.15, 0.2) is 0 Å². The fraction of sp³-hybridized carbons (Fsp3) is 0.250. The molecule has 12 nitrogen and oxygen atoms in total. The number of fused-ring (bicyclic) bond motifs is 8. The van der Waals surface area contributed by atoms with Crippen molar-refractivity contribution in [2.24, 2.45) is 28.2 Å². The van der Waals surface area contributed by atoms with Crippen LogP contribution in [0.1, 0.15) is 66.8 Å². The molecule has 4 aromatic heterocycles. The summed E-state index contributed by atoms with van der Waals surface area (Å²) in [4.78, 5) is 0. The van der Waals surface area contributed by atoms with Gasteiger partial charge in [-0.05, 0) is 115 Å². The summed E-state index contributed by atoms with van der Waals surface area (Å²) in [5.41, 5.74) is 9.41. The van der Waals surface area contributed by atoms with Crippen molar-refractivity contribution >= 4 is 31.2 Å². The van der Waals surface area contributed by atoms with E-state index in [0.29, 0.717) is 70.7 Å². The Morgan fingerprint density at radius 1 is 0.284 bits per heavy atom. The molecule has 4 aromatic carbocycles. The number of imidazole rings is 4. The number of hydrogen-bond acceptors (Lipinski definition) is 4. The molecule has 0 aliphatic heterocycles. The molecule has 4 heterocycles. The van der Waals surface area contributed by atoms with Gasteiger partial charge in [0.2, 0.25) is 25.3 Å². The van der Waals surface area contributed by atoms with Crippen LogP contribution in [-0.2, 0) is 80.1 Å². The molecule has 0 unspecified atom stereocenters. The van der Waals surface area contributed by atoms with Crippen LogP contribution in [0.5, 0.6) is 23.0 Å².